The largest absolute Gasteiger partial charge is 0.488 e. The summed E-state index contributed by atoms with van der Waals surface area (Å²) >= 11 is 0. The maximum absolute atomic E-state index is 13.5. The minimum atomic E-state index is -0.957. The highest BCUT2D eigenvalue weighted by atomic mass is 16.5. The van der Waals surface area contributed by atoms with Crippen LogP contribution in [0.4, 0.5) is 5.69 Å². The van der Waals surface area contributed by atoms with Crippen molar-refractivity contribution in [3.63, 3.8) is 0 Å². The SMILES string of the molecule is C[C@@H]1CN([C@@H](C)CO)C(=O)c2cc(NC(=O)C3CC3)ccc2O[C@@H]1CN(C)Cc1ccc(C(=O)O)cc1. The molecular formula is C28H35N3O6. The van der Waals surface area contributed by atoms with Crippen LogP contribution in [-0.2, 0) is 11.3 Å². The Hall–Kier alpha value is -3.43. The van der Waals surface area contributed by atoms with Crippen LogP contribution in [0.3, 0.4) is 0 Å². The Labute approximate surface area is 217 Å². The fraction of sp³-hybridized carbons (Fsp3) is 0.464. The maximum Gasteiger partial charge on any atom is 0.335 e. The van der Waals surface area contributed by atoms with Crippen LogP contribution in [0.1, 0.15) is 53.0 Å². The number of ether oxygens (including phenoxy) is 1. The van der Waals surface area contributed by atoms with Gasteiger partial charge in [-0.1, -0.05) is 19.1 Å². The lowest BCUT2D eigenvalue weighted by molar-refractivity contribution is -0.117. The number of carbonyl (C=O) groups is 3. The number of fused-ring (bicyclic) bond motifs is 1. The minimum Gasteiger partial charge on any atom is -0.488 e. The van der Waals surface area contributed by atoms with E-state index in [1.54, 1.807) is 47.4 Å². The second kappa shape index (κ2) is 11.3. The third kappa shape index (κ3) is 6.47. The molecule has 3 N–H and O–H groups in total. The molecular weight excluding hydrogens is 474 g/mol. The molecule has 0 unspecified atom stereocenters. The van der Waals surface area contributed by atoms with Gasteiger partial charge in [-0.05, 0) is 62.7 Å². The number of aliphatic hydroxyl groups excluding tert-OH is 1. The molecule has 1 heterocycles. The zero-order valence-electron chi connectivity index (χ0n) is 21.5. The molecule has 1 fully saturated rings. The summed E-state index contributed by atoms with van der Waals surface area (Å²) in [7, 11) is 1.97. The van der Waals surface area contributed by atoms with Crippen molar-refractivity contribution in [1.82, 2.24) is 9.80 Å². The van der Waals surface area contributed by atoms with Crippen molar-refractivity contribution in [3.05, 3.63) is 59.2 Å². The molecule has 2 aliphatic rings. The number of anilines is 1. The lowest BCUT2D eigenvalue weighted by Gasteiger charge is -2.38. The minimum absolute atomic E-state index is 0.0304. The van der Waals surface area contributed by atoms with Crippen LogP contribution >= 0.6 is 0 Å². The number of amides is 2. The fourth-order valence-electron chi connectivity index (χ4n) is 4.54. The summed E-state index contributed by atoms with van der Waals surface area (Å²) in [4.78, 5) is 40.7. The quantitative estimate of drug-likeness (QED) is 0.475. The van der Waals surface area contributed by atoms with Crippen LogP contribution in [0, 0.1) is 11.8 Å². The third-order valence-electron chi connectivity index (χ3n) is 7.03. The summed E-state index contributed by atoms with van der Waals surface area (Å²) in [6.07, 6.45) is 1.52. The molecule has 0 radical (unpaired) electrons. The van der Waals surface area contributed by atoms with Crippen LogP contribution < -0.4 is 10.1 Å². The van der Waals surface area contributed by atoms with Gasteiger partial charge in [0.1, 0.15) is 11.9 Å². The average Bonchev–Trinajstić information content (AvgIpc) is 3.72. The first-order chi connectivity index (χ1) is 17.7. The average molecular weight is 510 g/mol. The van der Waals surface area contributed by atoms with E-state index in [0.717, 1.165) is 18.4 Å². The number of aliphatic hydroxyl groups is 1. The lowest BCUT2D eigenvalue weighted by atomic mass is 9.99. The molecule has 0 aromatic heterocycles. The predicted molar refractivity (Wildman–Crippen MR) is 139 cm³/mol. The Balaban J connectivity index is 1.55. The first kappa shape index (κ1) is 26.6. The number of rotatable bonds is 9. The summed E-state index contributed by atoms with van der Waals surface area (Å²) < 4.78 is 6.42. The predicted octanol–water partition coefficient (Wildman–Crippen LogP) is 3.09. The van der Waals surface area contributed by atoms with Gasteiger partial charge in [-0.25, -0.2) is 4.79 Å². The van der Waals surface area contributed by atoms with Crippen LogP contribution in [0.5, 0.6) is 5.75 Å². The van der Waals surface area contributed by atoms with Crippen molar-refractivity contribution in [3.8, 4) is 5.75 Å². The van der Waals surface area contributed by atoms with E-state index in [2.05, 4.69) is 10.2 Å². The van der Waals surface area contributed by atoms with Crippen LogP contribution in [0.15, 0.2) is 42.5 Å². The molecule has 1 aliphatic heterocycles. The van der Waals surface area contributed by atoms with Crippen molar-refractivity contribution >= 4 is 23.5 Å². The van der Waals surface area contributed by atoms with E-state index in [-0.39, 0.29) is 48.0 Å². The van der Waals surface area contributed by atoms with Crippen LogP contribution in [0.25, 0.3) is 0 Å². The highest BCUT2D eigenvalue weighted by Gasteiger charge is 2.34. The summed E-state index contributed by atoms with van der Waals surface area (Å²) in [5.41, 5.74) is 2.14. The van der Waals surface area contributed by atoms with Crippen LogP contribution in [0.2, 0.25) is 0 Å². The Morgan fingerprint density at radius 1 is 1.19 bits per heavy atom. The second-order valence-corrected chi connectivity index (χ2v) is 10.3. The maximum atomic E-state index is 13.5. The number of carboxylic acids is 1. The molecule has 1 saturated carbocycles. The molecule has 1 aliphatic carbocycles. The normalized spacial score (nSPS) is 20.5. The summed E-state index contributed by atoms with van der Waals surface area (Å²) in [5.74, 6) is -0.777. The zero-order chi connectivity index (χ0) is 26.7. The molecule has 2 aromatic rings. The monoisotopic (exact) mass is 509 g/mol. The van der Waals surface area contributed by atoms with Crippen molar-refractivity contribution in [2.75, 3.05) is 32.1 Å². The van der Waals surface area contributed by atoms with Crippen molar-refractivity contribution in [2.24, 2.45) is 11.8 Å². The van der Waals surface area contributed by atoms with E-state index in [1.165, 1.54) is 0 Å². The summed E-state index contributed by atoms with van der Waals surface area (Å²) in [6.45, 7) is 5.25. The van der Waals surface area contributed by atoms with Gasteiger partial charge in [0.15, 0.2) is 0 Å². The van der Waals surface area contributed by atoms with Crippen molar-refractivity contribution < 1.29 is 29.3 Å². The van der Waals surface area contributed by atoms with E-state index in [0.29, 0.717) is 36.6 Å². The first-order valence-corrected chi connectivity index (χ1v) is 12.7. The molecule has 9 heteroatoms. The molecule has 198 valence electrons. The van der Waals surface area contributed by atoms with Gasteiger partial charge in [0.2, 0.25) is 5.91 Å². The van der Waals surface area contributed by atoms with E-state index in [4.69, 9.17) is 9.84 Å². The summed E-state index contributed by atoms with van der Waals surface area (Å²) in [6, 6.07) is 11.6. The molecule has 0 bridgehead atoms. The topological polar surface area (TPSA) is 119 Å². The number of benzene rings is 2. The van der Waals surface area contributed by atoms with Gasteiger partial charge in [-0.2, -0.15) is 0 Å². The zero-order valence-corrected chi connectivity index (χ0v) is 21.5. The molecule has 0 saturated heterocycles. The van der Waals surface area contributed by atoms with Crippen molar-refractivity contribution in [1.29, 1.82) is 0 Å². The number of aromatic carboxylic acids is 1. The molecule has 37 heavy (non-hydrogen) atoms. The fourth-order valence-corrected chi connectivity index (χ4v) is 4.54. The lowest BCUT2D eigenvalue weighted by Crippen LogP contribution is -2.49. The highest BCUT2D eigenvalue weighted by molar-refractivity contribution is 6.00. The van der Waals surface area contributed by atoms with Crippen molar-refractivity contribution in [2.45, 2.75) is 45.4 Å². The first-order valence-electron chi connectivity index (χ1n) is 12.7. The number of likely N-dealkylation sites (N-methyl/N-ethyl adjacent to an activating group) is 1. The summed E-state index contributed by atoms with van der Waals surface area (Å²) in [5, 5.41) is 21.9. The molecule has 4 rings (SSSR count). The molecule has 9 nitrogen and oxygen atoms in total. The smallest absolute Gasteiger partial charge is 0.335 e. The number of carbonyl (C=O) groups excluding carboxylic acids is 2. The van der Waals surface area contributed by atoms with Crippen LogP contribution in [-0.4, -0.2) is 76.7 Å². The number of carboxylic acid groups (broad SMARTS) is 1. The van der Waals surface area contributed by atoms with E-state index in [1.807, 2.05) is 20.9 Å². The van der Waals surface area contributed by atoms with Gasteiger partial charge < -0.3 is 25.2 Å². The Kier molecular flexibility index (Phi) is 8.14. The van der Waals surface area contributed by atoms with Gasteiger partial charge in [0.05, 0.1) is 23.8 Å². The van der Waals surface area contributed by atoms with Gasteiger partial charge >= 0.3 is 5.97 Å². The number of nitrogens with zero attached hydrogens (tertiary/aromatic N) is 2. The third-order valence-corrected chi connectivity index (χ3v) is 7.03. The van der Waals surface area contributed by atoms with Gasteiger partial charge in [-0.3, -0.25) is 14.5 Å². The molecule has 2 aromatic carbocycles. The van der Waals surface area contributed by atoms with E-state index < -0.39 is 5.97 Å². The molecule has 3 atom stereocenters. The molecule has 2 amide bonds. The number of nitrogens with one attached hydrogen (secondary N) is 1. The molecule has 0 spiro atoms. The Morgan fingerprint density at radius 2 is 1.89 bits per heavy atom. The van der Waals surface area contributed by atoms with E-state index in [9.17, 15) is 19.5 Å². The van der Waals surface area contributed by atoms with E-state index >= 15 is 0 Å². The number of hydrogen-bond acceptors (Lipinski definition) is 6. The van der Waals surface area contributed by atoms with Gasteiger partial charge in [0.25, 0.3) is 5.91 Å². The Morgan fingerprint density at radius 3 is 2.51 bits per heavy atom. The highest BCUT2D eigenvalue weighted by Crippen LogP contribution is 2.33. The number of hydrogen-bond donors (Lipinski definition) is 3. The second-order valence-electron chi connectivity index (χ2n) is 10.3. The van der Waals surface area contributed by atoms with Gasteiger partial charge in [0, 0.05) is 37.2 Å². The Bertz CT molecular complexity index is 1150. The standard InChI is InChI=1S/C28H35N3O6/c1-17-13-31(18(2)16-32)27(34)23-12-22(29-26(33)20-8-9-20)10-11-24(23)37-25(17)15-30(3)14-19-4-6-21(7-5-19)28(35)36/h4-7,10-12,17-18,20,25,32H,8-9,13-16H2,1-3H3,(H,29,33)(H,35,36)/t17-,18+,25-/m1/s1. The van der Waals surface area contributed by atoms with Gasteiger partial charge in [-0.15, -0.1) is 0 Å².